The zero-order valence-electron chi connectivity index (χ0n) is 24.3. The first kappa shape index (κ1) is 29.1. The van der Waals surface area contributed by atoms with Crippen molar-refractivity contribution in [3.05, 3.63) is 58.9 Å². The third-order valence-electron chi connectivity index (χ3n) is 8.58. The molecule has 2 fully saturated rings. The largest absolute Gasteiger partial charge is 0.480 e. The van der Waals surface area contributed by atoms with Crippen LogP contribution in [-0.2, 0) is 19.1 Å². The van der Waals surface area contributed by atoms with Crippen molar-refractivity contribution in [1.82, 2.24) is 4.90 Å². The molecule has 2 bridgehead atoms. The summed E-state index contributed by atoms with van der Waals surface area (Å²) in [5, 5.41) is 28.5. The van der Waals surface area contributed by atoms with E-state index in [-0.39, 0.29) is 52.8 Å². The Bertz CT molecular complexity index is 1440. The molecule has 42 heavy (non-hydrogen) atoms. The SMILES string of the molecule is CCCN(CCCCCCN1C(=O)C2C3C=CC(O3)C2C1=O)c1ccc(C2=C(C#N)C(=C(C#N)C#N)OC2(C)C)cc1. The van der Waals surface area contributed by atoms with Crippen LogP contribution in [0.2, 0.25) is 0 Å². The van der Waals surface area contributed by atoms with Crippen molar-refractivity contribution in [2.75, 3.05) is 24.5 Å². The predicted octanol–water partition coefficient (Wildman–Crippen LogP) is 4.79. The number of ether oxygens (including phenoxy) is 2. The maximum Gasteiger partial charge on any atom is 0.236 e. The molecule has 4 heterocycles. The Labute approximate surface area is 246 Å². The Kier molecular flexibility index (Phi) is 8.21. The van der Waals surface area contributed by atoms with Crippen LogP contribution in [0.4, 0.5) is 5.69 Å². The summed E-state index contributed by atoms with van der Waals surface area (Å²) in [7, 11) is 0. The number of carbonyl (C=O) groups is 2. The molecule has 0 N–H and O–H groups in total. The summed E-state index contributed by atoms with van der Waals surface area (Å²) in [5.41, 5.74) is 1.69. The number of benzene rings is 1. The minimum Gasteiger partial charge on any atom is -0.480 e. The number of hydrogen-bond donors (Lipinski definition) is 0. The van der Waals surface area contributed by atoms with Crippen molar-refractivity contribution in [3.8, 4) is 18.2 Å². The lowest BCUT2D eigenvalue weighted by molar-refractivity contribution is -0.142. The van der Waals surface area contributed by atoms with Crippen molar-refractivity contribution in [1.29, 1.82) is 15.8 Å². The van der Waals surface area contributed by atoms with Gasteiger partial charge in [0, 0.05) is 30.9 Å². The highest BCUT2D eigenvalue weighted by atomic mass is 16.5. The Morgan fingerprint density at radius 1 is 0.929 bits per heavy atom. The van der Waals surface area contributed by atoms with E-state index >= 15 is 0 Å². The van der Waals surface area contributed by atoms with E-state index < -0.39 is 5.60 Å². The summed E-state index contributed by atoms with van der Waals surface area (Å²) in [5.74, 6) is -0.774. The molecule has 2 amide bonds. The number of carbonyl (C=O) groups excluding carboxylic acids is 2. The highest BCUT2D eigenvalue weighted by Crippen LogP contribution is 2.46. The standard InChI is InChI=1S/C33H35N5O4/c1-4-15-37(16-7-5-6-8-17-38-31(39)27-25-13-14-26(41-25)28(27)32(38)40)23-11-9-21(10-12-23)29-24(20-36)30(22(18-34)19-35)42-33(29,2)3/h9-14,25-28H,4-8,15-17H2,1-3H3. The highest BCUT2D eigenvalue weighted by molar-refractivity contribution is 6.06. The second kappa shape index (κ2) is 11.8. The van der Waals surface area contributed by atoms with Crippen molar-refractivity contribution >= 4 is 23.1 Å². The molecule has 4 atom stereocenters. The summed E-state index contributed by atoms with van der Waals surface area (Å²) in [6.07, 6.45) is 8.07. The molecule has 9 nitrogen and oxygen atoms in total. The van der Waals surface area contributed by atoms with Gasteiger partial charge in [-0.25, -0.2) is 0 Å². The van der Waals surface area contributed by atoms with Crippen molar-refractivity contribution in [2.24, 2.45) is 11.8 Å². The monoisotopic (exact) mass is 565 g/mol. The van der Waals surface area contributed by atoms with Gasteiger partial charge in [-0.15, -0.1) is 0 Å². The lowest BCUT2D eigenvalue weighted by atomic mass is 9.85. The van der Waals surface area contributed by atoms with Crippen LogP contribution in [0.25, 0.3) is 5.57 Å². The van der Waals surface area contributed by atoms with Gasteiger partial charge in [0.1, 0.15) is 29.4 Å². The number of allylic oxidation sites excluding steroid dienone is 2. The van der Waals surface area contributed by atoms with Crippen LogP contribution in [0.1, 0.15) is 58.4 Å². The average Bonchev–Trinajstić information content (AvgIpc) is 3.72. The second-order valence-corrected chi connectivity index (χ2v) is 11.7. The van der Waals surface area contributed by atoms with E-state index in [2.05, 4.69) is 17.9 Å². The average molecular weight is 566 g/mol. The first-order valence-electron chi connectivity index (χ1n) is 14.7. The first-order valence-corrected chi connectivity index (χ1v) is 14.7. The van der Waals surface area contributed by atoms with Gasteiger partial charge in [-0.2, -0.15) is 15.8 Å². The van der Waals surface area contributed by atoms with Crippen LogP contribution in [0.5, 0.6) is 0 Å². The minimum atomic E-state index is -0.864. The number of unbranched alkanes of at least 4 members (excludes halogenated alkanes) is 3. The van der Waals surface area contributed by atoms with E-state index in [0.29, 0.717) is 12.1 Å². The molecule has 1 aromatic rings. The van der Waals surface area contributed by atoms with Crippen LogP contribution in [0, 0.1) is 45.8 Å². The summed E-state index contributed by atoms with van der Waals surface area (Å²) in [4.78, 5) is 29.4. The van der Waals surface area contributed by atoms with Gasteiger partial charge >= 0.3 is 0 Å². The quantitative estimate of drug-likeness (QED) is 0.162. The normalized spacial score (nSPS) is 24.9. The molecule has 0 spiro atoms. The molecule has 216 valence electrons. The van der Waals surface area contributed by atoms with Gasteiger partial charge in [0.15, 0.2) is 11.3 Å². The van der Waals surface area contributed by atoms with Crippen LogP contribution in [-0.4, -0.2) is 54.2 Å². The van der Waals surface area contributed by atoms with Gasteiger partial charge < -0.3 is 14.4 Å². The second-order valence-electron chi connectivity index (χ2n) is 11.7. The Balaban J connectivity index is 1.16. The molecular formula is C33H35N5O4. The van der Waals surface area contributed by atoms with E-state index in [1.165, 1.54) is 4.90 Å². The zero-order chi connectivity index (χ0) is 30.0. The van der Waals surface area contributed by atoms with E-state index in [9.17, 15) is 25.4 Å². The number of hydrogen-bond acceptors (Lipinski definition) is 8. The third kappa shape index (κ3) is 5.08. The van der Waals surface area contributed by atoms with Gasteiger partial charge in [-0.3, -0.25) is 14.5 Å². The molecule has 9 heteroatoms. The van der Waals surface area contributed by atoms with Crippen molar-refractivity contribution in [3.63, 3.8) is 0 Å². The van der Waals surface area contributed by atoms with Crippen molar-refractivity contribution < 1.29 is 19.1 Å². The fourth-order valence-corrected chi connectivity index (χ4v) is 6.66. The summed E-state index contributed by atoms with van der Waals surface area (Å²) >= 11 is 0. The number of nitrogens with zero attached hydrogens (tertiary/aromatic N) is 5. The Hall–Kier alpha value is -4.39. The minimum absolute atomic E-state index is 0.0404. The molecule has 1 aromatic carbocycles. The van der Waals surface area contributed by atoms with Crippen molar-refractivity contribution in [2.45, 2.75) is 70.7 Å². The Morgan fingerprint density at radius 2 is 1.55 bits per heavy atom. The predicted molar refractivity (Wildman–Crippen MR) is 155 cm³/mol. The summed E-state index contributed by atoms with van der Waals surface area (Å²) in [6.45, 7) is 8.06. The number of fused-ring (bicyclic) bond motifs is 5. The van der Waals surface area contributed by atoms with Gasteiger partial charge in [0.2, 0.25) is 11.8 Å². The van der Waals surface area contributed by atoms with Gasteiger partial charge in [0.25, 0.3) is 0 Å². The van der Waals surface area contributed by atoms with Gasteiger partial charge in [0.05, 0.1) is 24.0 Å². The van der Waals surface area contributed by atoms with E-state index in [4.69, 9.17) is 9.47 Å². The lowest BCUT2D eigenvalue weighted by Gasteiger charge is -2.26. The smallest absolute Gasteiger partial charge is 0.236 e. The third-order valence-corrected chi connectivity index (χ3v) is 8.58. The van der Waals surface area contributed by atoms with Crippen LogP contribution >= 0.6 is 0 Å². The molecule has 2 saturated heterocycles. The molecular weight excluding hydrogens is 530 g/mol. The Morgan fingerprint density at radius 3 is 2.12 bits per heavy atom. The first-order chi connectivity index (χ1) is 20.2. The summed E-state index contributed by atoms with van der Waals surface area (Å²) in [6, 6.07) is 13.8. The molecule has 4 unspecified atom stereocenters. The van der Waals surface area contributed by atoms with Gasteiger partial charge in [-0.05, 0) is 50.8 Å². The molecule has 5 rings (SSSR count). The van der Waals surface area contributed by atoms with Crippen LogP contribution < -0.4 is 4.90 Å². The van der Waals surface area contributed by atoms with Crippen LogP contribution in [0.3, 0.4) is 0 Å². The van der Waals surface area contributed by atoms with E-state index in [0.717, 1.165) is 56.4 Å². The van der Waals surface area contributed by atoms with Crippen LogP contribution in [0.15, 0.2) is 53.3 Å². The molecule has 4 aliphatic heterocycles. The van der Waals surface area contributed by atoms with E-state index in [1.807, 2.05) is 62.4 Å². The van der Waals surface area contributed by atoms with Gasteiger partial charge in [-0.1, -0.05) is 44.1 Å². The maximum atomic E-state index is 12.8. The molecule has 0 saturated carbocycles. The fraction of sp³-hybridized carbons (Fsp3) is 0.485. The maximum absolute atomic E-state index is 12.8. The summed E-state index contributed by atoms with van der Waals surface area (Å²) < 4.78 is 11.6. The number of nitriles is 3. The number of rotatable bonds is 11. The lowest BCUT2D eigenvalue weighted by Crippen LogP contribution is -2.35. The highest BCUT2D eigenvalue weighted by Gasteiger charge is 2.60. The fourth-order valence-electron chi connectivity index (χ4n) is 6.66. The number of amides is 2. The number of imide groups is 1. The number of anilines is 1. The zero-order valence-corrected chi connectivity index (χ0v) is 24.3. The molecule has 0 radical (unpaired) electrons. The number of likely N-dealkylation sites (tertiary alicyclic amines) is 1. The molecule has 4 aliphatic rings. The topological polar surface area (TPSA) is 130 Å². The molecule has 0 aliphatic carbocycles. The van der Waals surface area contributed by atoms with E-state index in [1.54, 1.807) is 0 Å². The molecule has 0 aromatic heterocycles.